The quantitative estimate of drug-likeness (QED) is 0.684. The summed E-state index contributed by atoms with van der Waals surface area (Å²) >= 11 is 0. The normalized spacial score (nSPS) is 38.4. The van der Waals surface area contributed by atoms with Crippen molar-refractivity contribution in [2.24, 2.45) is 0 Å². The molecule has 0 amide bonds. The number of fused-ring (bicyclic) bond motifs is 1. The highest BCUT2D eigenvalue weighted by Crippen LogP contribution is 2.40. The van der Waals surface area contributed by atoms with Gasteiger partial charge in [-0.25, -0.2) is 0 Å². The molecule has 0 radical (unpaired) electrons. The van der Waals surface area contributed by atoms with Crippen LogP contribution >= 0.6 is 0 Å². The number of aliphatic hydroxyl groups is 2. The lowest BCUT2D eigenvalue weighted by atomic mass is 10.1. The number of rotatable bonds is 6. The van der Waals surface area contributed by atoms with E-state index in [4.69, 9.17) is 24.1 Å². The van der Waals surface area contributed by atoms with Gasteiger partial charge in [-0.2, -0.15) is 0 Å². The minimum atomic E-state index is -0.996. The first kappa shape index (κ1) is 15.2. The molecule has 0 saturated carbocycles. The molecule has 112 valence electrons. The molecule has 2 fully saturated rings. The van der Waals surface area contributed by atoms with Gasteiger partial charge in [0.1, 0.15) is 24.4 Å². The van der Waals surface area contributed by atoms with Crippen LogP contribution in [0.25, 0.3) is 0 Å². The van der Waals surface area contributed by atoms with Crippen LogP contribution < -0.4 is 0 Å². The molecule has 5 atom stereocenters. The summed E-state index contributed by atoms with van der Waals surface area (Å²) < 4.78 is 22.8. The van der Waals surface area contributed by atoms with Gasteiger partial charge in [-0.05, 0) is 20.3 Å². The second-order valence-corrected chi connectivity index (χ2v) is 5.51. The third-order valence-corrected chi connectivity index (χ3v) is 3.39. The van der Waals surface area contributed by atoms with E-state index in [1.54, 1.807) is 0 Å². The SMILES string of the molecule is CCCCO[C@H]1O[C@H](C(O)CO)C2OC(C)(C)O[C@H]21. The topological polar surface area (TPSA) is 77.4 Å². The Morgan fingerprint density at radius 2 is 1.95 bits per heavy atom. The summed E-state index contributed by atoms with van der Waals surface area (Å²) in [6.45, 7) is 5.92. The van der Waals surface area contributed by atoms with Gasteiger partial charge in [-0.15, -0.1) is 0 Å². The Bertz CT molecular complexity index is 295. The first-order chi connectivity index (χ1) is 8.98. The summed E-state index contributed by atoms with van der Waals surface area (Å²) in [5.74, 6) is -0.723. The Kier molecular flexibility index (Phi) is 4.81. The van der Waals surface area contributed by atoms with E-state index in [0.717, 1.165) is 12.8 Å². The van der Waals surface area contributed by atoms with Crippen LogP contribution in [0.5, 0.6) is 0 Å². The average molecular weight is 276 g/mol. The summed E-state index contributed by atoms with van der Waals surface area (Å²) in [6, 6.07) is 0. The van der Waals surface area contributed by atoms with Gasteiger partial charge in [0.15, 0.2) is 12.1 Å². The number of hydrogen-bond acceptors (Lipinski definition) is 6. The maximum atomic E-state index is 9.80. The molecule has 2 saturated heterocycles. The Labute approximate surface area is 113 Å². The lowest BCUT2D eigenvalue weighted by Gasteiger charge is -2.25. The predicted molar refractivity (Wildman–Crippen MR) is 66.4 cm³/mol. The van der Waals surface area contributed by atoms with Gasteiger partial charge in [0, 0.05) is 6.61 Å². The first-order valence-electron chi connectivity index (χ1n) is 6.90. The minimum Gasteiger partial charge on any atom is -0.394 e. The van der Waals surface area contributed by atoms with Crippen molar-refractivity contribution in [3.05, 3.63) is 0 Å². The molecule has 2 aliphatic rings. The fourth-order valence-corrected chi connectivity index (χ4v) is 2.48. The molecule has 0 aromatic carbocycles. The van der Waals surface area contributed by atoms with Gasteiger partial charge >= 0.3 is 0 Å². The van der Waals surface area contributed by atoms with Crippen molar-refractivity contribution < 1.29 is 29.2 Å². The molecule has 6 nitrogen and oxygen atoms in total. The molecule has 2 unspecified atom stereocenters. The van der Waals surface area contributed by atoms with E-state index < -0.39 is 30.4 Å². The molecule has 0 aromatic heterocycles. The van der Waals surface area contributed by atoms with Gasteiger partial charge in [-0.3, -0.25) is 0 Å². The van der Waals surface area contributed by atoms with Crippen molar-refractivity contribution in [2.45, 2.75) is 70.1 Å². The van der Waals surface area contributed by atoms with Crippen molar-refractivity contribution >= 4 is 0 Å². The molecule has 0 aromatic rings. The third-order valence-electron chi connectivity index (χ3n) is 3.39. The van der Waals surface area contributed by atoms with Crippen LogP contribution in [0.2, 0.25) is 0 Å². The Morgan fingerprint density at radius 1 is 1.26 bits per heavy atom. The zero-order valence-electron chi connectivity index (χ0n) is 11.7. The van der Waals surface area contributed by atoms with Crippen molar-refractivity contribution in [2.75, 3.05) is 13.2 Å². The summed E-state index contributed by atoms with van der Waals surface area (Å²) in [5, 5.41) is 18.9. The van der Waals surface area contributed by atoms with Crippen molar-refractivity contribution in [3.63, 3.8) is 0 Å². The lowest BCUT2D eigenvalue weighted by Crippen LogP contribution is -2.40. The summed E-state index contributed by atoms with van der Waals surface area (Å²) in [6.07, 6.45) is -0.972. The second kappa shape index (κ2) is 6.03. The largest absolute Gasteiger partial charge is 0.394 e. The maximum Gasteiger partial charge on any atom is 0.187 e. The maximum absolute atomic E-state index is 9.80. The molecular formula is C13H24O6. The van der Waals surface area contributed by atoms with E-state index in [1.807, 2.05) is 13.8 Å². The zero-order valence-corrected chi connectivity index (χ0v) is 11.7. The van der Waals surface area contributed by atoms with Crippen molar-refractivity contribution in [1.82, 2.24) is 0 Å². The summed E-state index contributed by atoms with van der Waals surface area (Å²) in [7, 11) is 0. The minimum absolute atomic E-state index is 0.363. The van der Waals surface area contributed by atoms with Crippen LogP contribution in [-0.4, -0.2) is 59.9 Å². The van der Waals surface area contributed by atoms with Crippen LogP contribution in [0.15, 0.2) is 0 Å². The van der Waals surface area contributed by atoms with E-state index in [0.29, 0.717) is 6.61 Å². The van der Waals surface area contributed by atoms with Crippen LogP contribution in [-0.2, 0) is 18.9 Å². The molecule has 0 aliphatic carbocycles. The first-order valence-corrected chi connectivity index (χ1v) is 6.90. The van der Waals surface area contributed by atoms with Gasteiger partial charge < -0.3 is 29.2 Å². The van der Waals surface area contributed by atoms with E-state index >= 15 is 0 Å². The third kappa shape index (κ3) is 3.26. The fourth-order valence-electron chi connectivity index (χ4n) is 2.48. The van der Waals surface area contributed by atoms with Crippen LogP contribution in [0.4, 0.5) is 0 Å². The molecular weight excluding hydrogens is 252 g/mol. The molecule has 2 aliphatic heterocycles. The van der Waals surface area contributed by atoms with E-state index in [9.17, 15) is 5.11 Å². The molecule has 19 heavy (non-hydrogen) atoms. The number of unbranched alkanes of at least 4 members (excludes halogenated alkanes) is 1. The van der Waals surface area contributed by atoms with E-state index in [-0.39, 0.29) is 12.7 Å². The van der Waals surface area contributed by atoms with Crippen molar-refractivity contribution in [3.8, 4) is 0 Å². The molecule has 2 rings (SSSR count). The Balaban J connectivity index is 2.02. The zero-order chi connectivity index (χ0) is 14.0. The Morgan fingerprint density at radius 3 is 2.58 bits per heavy atom. The van der Waals surface area contributed by atoms with Crippen molar-refractivity contribution in [1.29, 1.82) is 0 Å². The average Bonchev–Trinajstić information content (AvgIpc) is 2.83. The standard InChI is InChI=1S/C13H24O6/c1-4-5-6-16-12-11-10(18-13(2,3)19-11)9(17-12)8(15)7-14/h8-12,14-15H,4-7H2,1-3H3/t8?,9-,10?,11-,12+/m1/s1. The number of ether oxygens (including phenoxy) is 4. The van der Waals surface area contributed by atoms with Gasteiger partial charge in [0.25, 0.3) is 0 Å². The van der Waals surface area contributed by atoms with E-state index in [2.05, 4.69) is 6.92 Å². The second-order valence-electron chi connectivity index (χ2n) is 5.51. The molecule has 2 N–H and O–H groups in total. The highest BCUT2D eigenvalue weighted by Gasteiger charge is 2.57. The fraction of sp³-hybridized carbons (Fsp3) is 1.00. The van der Waals surface area contributed by atoms with Gasteiger partial charge in [-0.1, -0.05) is 13.3 Å². The van der Waals surface area contributed by atoms with Crippen LogP contribution in [0.3, 0.4) is 0 Å². The van der Waals surface area contributed by atoms with Crippen LogP contribution in [0.1, 0.15) is 33.6 Å². The summed E-state index contributed by atoms with van der Waals surface area (Å²) in [4.78, 5) is 0. The molecule has 6 heteroatoms. The molecule has 0 bridgehead atoms. The van der Waals surface area contributed by atoms with Gasteiger partial charge in [0.2, 0.25) is 0 Å². The predicted octanol–water partition coefficient (Wildman–Crippen LogP) is 0.401. The van der Waals surface area contributed by atoms with E-state index in [1.165, 1.54) is 0 Å². The number of hydrogen-bond donors (Lipinski definition) is 2. The summed E-state index contributed by atoms with van der Waals surface area (Å²) in [5.41, 5.74) is 0. The molecule has 2 heterocycles. The highest BCUT2D eigenvalue weighted by atomic mass is 16.8. The lowest BCUT2D eigenvalue weighted by molar-refractivity contribution is -0.244. The molecule has 0 spiro atoms. The smallest absolute Gasteiger partial charge is 0.187 e. The monoisotopic (exact) mass is 276 g/mol. The van der Waals surface area contributed by atoms with Crippen LogP contribution in [0, 0.1) is 0 Å². The van der Waals surface area contributed by atoms with Gasteiger partial charge in [0.05, 0.1) is 6.61 Å². The Hall–Kier alpha value is -0.240. The highest BCUT2D eigenvalue weighted by molar-refractivity contribution is 4.97. The number of aliphatic hydroxyl groups excluding tert-OH is 2.